The molecule has 0 N–H and O–H groups in total. The van der Waals surface area contributed by atoms with Crippen molar-refractivity contribution in [3.63, 3.8) is 0 Å². The van der Waals surface area contributed by atoms with Crippen LogP contribution in [0.2, 0.25) is 0 Å². The number of rotatable bonds is 60. The van der Waals surface area contributed by atoms with E-state index in [9.17, 15) is 57.5 Å². The number of carbonyl (C=O) groups is 12. The van der Waals surface area contributed by atoms with Crippen molar-refractivity contribution in [2.24, 2.45) is 0 Å². The first kappa shape index (κ1) is 105. The first-order valence-electron chi connectivity index (χ1n) is 43.7. The molecule has 0 aromatic heterocycles. The fourth-order valence-electron chi connectivity index (χ4n) is 13.3. The van der Waals surface area contributed by atoms with Crippen molar-refractivity contribution in [2.75, 3.05) is 93.5 Å². The third-order valence-electron chi connectivity index (χ3n) is 19.8. The summed E-state index contributed by atoms with van der Waals surface area (Å²) >= 11 is 0. The largest absolute Gasteiger partial charge is 0.493 e. The summed E-state index contributed by atoms with van der Waals surface area (Å²) in [5.74, 6) is -6.21. The maximum Gasteiger partial charge on any atom is 0.336 e. The Bertz CT molecular complexity index is 4030. The monoisotopic (exact) mass is 1740 g/mol. The molecule has 0 radical (unpaired) electrons. The minimum atomic E-state index is -0.896. The highest BCUT2D eigenvalue weighted by Gasteiger charge is 2.27. The second kappa shape index (κ2) is 59.8. The molecule has 0 spiro atoms. The van der Waals surface area contributed by atoms with E-state index in [1.807, 2.05) is 0 Å². The average Bonchev–Trinajstić information content (AvgIpc) is 0.771. The number of ether oxygens (including phenoxy) is 14. The molecule has 1 aliphatic carbocycles. The van der Waals surface area contributed by atoms with Gasteiger partial charge in [0, 0.05) is 62.1 Å². The van der Waals surface area contributed by atoms with E-state index >= 15 is 0 Å². The zero-order valence-electron chi connectivity index (χ0n) is 75.0. The highest BCUT2D eigenvalue weighted by Crippen LogP contribution is 2.42. The number of hydrogen-bond donors (Lipinski definition) is 0. The first-order valence-corrected chi connectivity index (χ1v) is 43.7. The minimum absolute atomic E-state index is 0.0419. The molecule has 0 unspecified atom stereocenters. The van der Waals surface area contributed by atoms with Crippen LogP contribution < -0.4 is 18.9 Å². The van der Waals surface area contributed by atoms with Gasteiger partial charge in [-0.25, -0.2) is 47.9 Å². The number of aryl methyl sites for hydroxylation is 4. The molecule has 26 nitrogen and oxygen atoms in total. The van der Waals surface area contributed by atoms with E-state index in [4.69, 9.17) is 56.8 Å². The molecule has 0 heterocycles. The van der Waals surface area contributed by atoms with Crippen LogP contribution in [0.15, 0.2) is 146 Å². The summed E-state index contributed by atoms with van der Waals surface area (Å²) in [7, 11) is 2.32. The van der Waals surface area contributed by atoms with E-state index in [2.05, 4.69) is 112 Å². The summed E-state index contributed by atoms with van der Waals surface area (Å²) in [5, 5.41) is 0. The van der Waals surface area contributed by atoms with E-state index in [1.165, 1.54) is 13.8 Å². The molecule has 5 rings (SSSR count). The zero-order chi connectivity index (χ0) is 92.0. The van der Waals surface area contributed by atoms with Gasteiger partial charge in [0.1, 0.15) is 49.4 Å². The molecule has 684 valence electrons. The van der Waals surface area contributed by atoms with Gasteiger partial charge in [0.2, 0.25) is 0 Å². The van der Waals surface area contributed by atoms with Crippen molar-refractivity contribution in [1.82, 2.24) is 0 Å². The van der Waals surface area contributed by atoms with Crippen molar-refractivity contribution >= 4 is 71.3 Å². The van der Waals surface area contributed by atoms with E-state index in [0.29, 0.717) is 101 Å². The van der Waals surface area contributed by atoms with Gasteiger partial charge in [0.15, 0.2) is 11.6 Å². The average molecular weight is 1750 g/mol. The molecule has 26 heteroatoms. The molecular weight excluding hydrogens is 1620 g/mol. The third-order valence-corrected chi connectivity index (χ3v) is 19.8. The highest BCUT2D eigenvalue weighted by atomic mass is 16.6. The summed E-state index contributed by atoms with van der Waals surface area (Å²) in [5.41, 5.74) is 9.64. The fourth-order valence-corrected chi connectivity index (χ4v) is 13.3. The Morgan fingerprint density at radius 1 is 0.262 bits per heavy atom. The summed E-state index contributed by atoms with van der Waals surface area (Å²) in [4.78, 5) is 150. The Balaban J connectivity index is 1.86. The third kappa shape index (κ3) is 40.8. The van der Waals surface area contributed by atoms with E-state index in [1.54, 1.807) is 0 Å². The molecule has 4 aromatic rings. The van der Waals surface area contributed by atoms with Crippen LogP contribution in [-0.2, 0) is 156 Å². The molecule has 8 bridgehead atoms. The van der Waals surface area contributed by atoms with Crippen LogP contribution in [0.5, 0.6) is 23.0 Å². The SMILES string of the molecule is C=C(COC(=O)/C=C\C(C)=O)C(=O)OCCCc1cc2c(OCCCCCC)c(c1)Cc1cc(CCCOC(=O)C(=C)COC(=O)/C=C\C(=O)OC)cc(c1OCCCCCC)Cc1cc(CCCOC(=O)C(=C)COC(=O)/C=C\C(=O)OC)cc(c1OCCCCCC)Cc1cc(CCCOC(=O)C(=C)COC(=O)/C=C\C(C)=O)cc(c1OCCCCCC)C2. The summed E-state index contributed by atoms with van der Waals surface area (Å²) in [6.45, 7) is 25.7. The lowest BCUT2D eigenvalue weighted by atomic mass is 9.87. The van der Waals surface area contributed by atoms with Gasteiger partial charge < -0.3 is 66.3 Å². The van der Waals surface area contributed by atoms with Crippen molar-refractivity contribution < 1.29 is 124 Å². The van der Waals surface area contributed by atoms with Gasteiger partial charge in [-0.05, 0) is 170 Å². The molecule has 0 aliphatic heterocycles. The van der Waals surface area contributed by atoms with Crippen molar-refractivity contribution in [3.05, 3.63) is 213 Å². The van der Waals surface area contributed by atoms with Gasteiger partial charge in [0.05, 0.1) is 89.4 Å². The molecule has 0 saturated carbocycles. The van der Waals surface area contributed by atoms with Gasteiger partial charge >= 0.3 is 59.7 Å². The van der Waals surface area contributed by atoms with Crippen LogP contribution in [0, 0.1) is 0 Å². The summed E-state index contributed by atoms with van der Waals surface area (Å²) in [6.07, 6.45) is 26.1. The number of allylic oxidation sites excluding steroid dienone is 2. The van der Waals surface area contributed by atoms with Crippen LogP contribution in [0.3, 0.4) is 0 Å². The van der Waals surface area contributed by atoms with Crippen LogP contribution in [0.4, 0.5) is 0 Å². The second-order valence-corrected chi connectivity index (χ2v) is 30.7. The Morgan fingerprint density at radius 2 is 0.460 bits per heavy atom. The van der Waals surface area contributed by atoms with E-state index in [0.717, 1.165) is 232 Å². The normalized spacial score (nSPS) is 11.6. The second-order valence-electron chi connectivity index (χ2n) is 30.7. The van der Waals surface area contributed by atoms with Crippen molar-refractivity contribution in [2.45, 2.75) is 221 Å². The number of unbranched alkanes of at least 4 members (excludes halogenated alkanes) is 12. The number of esters is 10. The van der Waals surface area contributed by atoms with Gasteiger partial charge in [-0.1, -0.05) is 180 Å². The molecule has 0 atom stereocenters. The minimum Gasteiger partial charge on any atom is -0.493 e. The van der Waals surface area contributed by atoms with Crippen molar-refractivity contribution in [1.29, 1.82) is 0 Å². The molecule has 0 amide bonds. The molecule has 1 aliphatic rings. The molecule has 0 fully saturated rings. The Kier molecular flexibility index (Phi) is 49.6. The first-order chi connectivity index (χ1) is 60.7. The smallest absolute Gasteiger partial charge is 0.336 e. The number of ketones is 2. The summed E-state index contributed by atoms with van der Waals surface area (Å²) in [6, 6.07) is 17.0. The van der Waals surface area contributed by atoms with Gasteiger partial charge in [-0.3, -0.25) is 9.59 Å². The highest BCUT2D eigenvalue weighted by molar-refractivity contribution is 5.97. The van der Waals surface area contributed by atoms with Gasteiger partial charge in [0.25, 0.3) is 0 Å². The van der Waals surface area contributed by atoms with Crippen LogP contribution in [0.25, 0.3) is 0 Å². The molecule has 126 heavy (non-hydrogen) atoms. The van der Waals surface area contributed by atoms with E-state index in [-0.39, 0.29) is 86.0 Å². The Labute approximate surface area is 741 Å². The topological polar surface area (TPSA) is 334 Å². The van der Waals surface area contributed by atoms with Crippen LogP contribution in [-0.4, -0.2) is 165 Å². The lowest BCUT2D eigenvalue weighted by molar-refractivity contribution is -0.143. The lowest BCUT2D eigenvalue weighted by Crippen LogP contribution is -2.15. The fraction of sp³-hybridized carbons (Fsp3) is 0.480. The van der Waals surface area contributed by atoms with E-state index < -0.39 is 86.1 Å². The molecule has 4 aromatic carbocycles. The molecule has 0 saturated heterocycles. The number of fused-ring (bicyclic) bond motifs is 8. The van der Waals surface area contributed by atoms with Gasteiger partial charge in [-0.2, -0.15) is 0 Å². The maximum absolute atomic E-state index is 13.5. The lowest BCUT2D eigenvalue weighted by Gasteiger charge is -2.25. The quantitative estimate of drug-likeness (QED) is 0.0151. The maximum atomic E-state index is 13.5. The Hall–Kier alpha value is -12.0. The number of carbonyl (C=O) groups excluding carboxylic acids is 12. The number of methoxy groups -OCH3 is 2. The number of benzene rings is 4. The zero-order valence-corrected chi connectivity index (χ0v) is 75.0. The van der Waals surface area contributed by atoms with Crippen molar-refractivity contribution in [3.8, 4) is 23.0 Å². The summed E-state index contributed by atoms with van der Waals surface area (Å²) < 4.78 is 81.9. The Morgan fingerprint density at radius 3 is 0.651 bits per heavy atom. The molecular formula is C100H128O26. The van der Waals surface area contributed by atoms with Crippen LogP contribution >= 0.6 is 0 Å². The standard InChI is InChI=1S/C100H128O26/c1-13-17-21-25-45-115-93-79-53-75(33-29-49-119-97(109)69(5)65-123-89(105)39-37-73(9)101)55-81(93)62-83-57-77(35-31-51-121-99(111)71(7)67-125-91(107)43-41-87(103)113-11)59-85(95(83)117-47-27-23-19-15-3)64-86-60-78(36-32-52-122-100(112)72(8)68-126-92(108)44-42-88(104)114-12)58-84(96(86)118-48-28-24-20-16-4)63-82-56-76(54-80(61-79)94(82)116-46-26-22-18-14-2)34-30-50-120-98(110)70(6)66-124-90(106)40-38-74(10)102/h37-44,53-60H,5-8,13-36,45-52,61-68H2,1-4,9-12H3/b39-37-,40-38-,43-41-,44-42-. The van der Waals surface area contributed by atoms with Gasteiger partial charge in [-0.15, -0.1) is 0 Å². The number of hydrogen-bond acceptors (Lipinski definition) is 26. The predicted molar refractivity (Wildman–Crippen MR) is 475 cm³/mol. The van der Waals surface area contributed by atoms with Crippen LogP contribution in [0.1, 0.15) is 237 Å². The predicted octanol–water partition coefficient (Wildman–Crippen LogP) is 16.2.